The van der Waals surface area contributed by atoms with Crippen LogP contribution in [0, 0.1) is 0 Å². The van der Waals surface area contributed by atoms with Gasteiger partial charge < -0.3 is 14.8 Å². The van der Waals surface area contributed by atoms with E-state index in [2.05, 4.69) is 5.32 Å². The maximum Gasteiger partial charge on any atom is 0.417 e. The standard InChI is InChI=1S/C19H18N2O4S/c1-19(2)10-24-18(23)21(19)16(22)14-15(25-17(26)20-14)13-9-5-7-11-6-3-4-8-12(11)13/h3-9,14-15H,10H2,1-2H3,(H,20,26)/t14-,15+/m1/s1. The fourth-order valence-corrected chi connectivity index (χ4v) is 3.73. The number of nitrogens with one attached hydrogen (secondary N) is 1. The highest BCUT2D eigenvalue weighted by Gasteiger charge is 2.50. The van der Waals surface area contributed by atoms with Gasteiger partial charge in [-0.05, 0) is 36.8 Å². The lowest BCUT2D eigenvalue weighted by atomic mass is 9.95. The molecule has 2 aliphatic rings. The summed E-state index contributed by atoms with van der Waals surface area (Å²) in [5.41, 5.74) is 0.128. The van der Waals surface area contributed by atoms with Crippen LogP contribution in [0.15, 0.2) is 42.5 Å². The van der Waals surface area contributed by atoms with Gasteiger partial charge >= 0.3 is 6.09 Å². The fraction of sp³-hybridized carbons (Fsp3) is 0.316. The maximum atomic E-state index is 13.2. The number of carbonyl (C=O) groups excluding carboxylic acids is 2. The van der Waals surface area contributed by atoms with Crippen molar-refractivity contribution in [2.75, 3.05) is 6.61 Å². The molecule has 134 valence electrons. The Morgan fingerprint density at radius 1 is 1.23 bits per heavy atom. The van der Waals surface area contributed by atoms with E-state index in [1.54, 1.807) is 13.8 Å². The molecule has 2 amide bonds. The Balaban J connectivity index is 1.75. The molecular formula is C19H18N2O4S. The summed E-state index contributed by atoms with van der Waals surface area (Å²) in [6, 6.07) is 12.9. The second-order valence-corrected chi connectivity index (χ2v) is 7.43. The van der Waals surface area contributed by atoms with Gasteiger partial charge in [-0.2, -0.15) is 0 Å². The Kier molecular flexibility index (Phi) is 3.84. The smallest absolute Gasteiger partial charge is 0.417 e. The molecule has 2 heterocycles. The molecule has 2 atom stereocenters. The van der Waals surface area contributed by atoms with Crippen molar-refractivity contribution in [3.8, 4) is 0 Å². The first-order valence-corrected chi connectivity index (χ1v) is 8.75. The number of nitrogens with zero attached hydrogens (tertiary/aromatic N) is 1. The monoisotopic (exact) mass is 370 g/mol. The molecule has 0 spiro atoms. The molecule has 0 aliphatic carbocycles. The van der Waals surface area contributed by atoms with Gasteiger partial charge in [0.2, 0.25) is 0 Å². The fourth-order valence-electron chi connectivity index (χ4n) is 3.49. The van der Waals surface area contributed by atoms with E-state index < -0.39 is 29.7 Å². The van der Waals surface area contributed by atoms with E-state index in [0.717, 1.165) is 21.2 Å². The van der Waals surface area contributed by atoms with E-state index in [4.69, 9.17) is 21.7 Å². The number of hydrogen-bond donors (Lipinski definition) is 1. The molecule has 7 heteroatoms. The second-order valence-electron chi connectivity index (χ2n) is 7.06. The van der Waals surface area contributed by atoms with Crippen LogP contribution >= 0.6 is 12.2 Å². The highest BCUT2D eigenvalue weighted by Crippen LogP contribution is 2.35. The minimum absolute atomic E-state index is 0.145. The summed E-state index contributed by atoms with van der Waals surface area (Å²) in [5.74, 6) is -0.407. The van der Waals surface area contributed by atoms with Gasteiger partial charge in [-0.1, -0.05) is 42.5 Å². The molecule has 2 saturated heterocycles. The lowest BCUT2D eigenvalue weighted by Crippen LogP contribution is -2.53. The van der Waals surface area contributed by atoms with Crippen molar-refractivity contribution >= 4 is 40.2 Å². The average Bonchev–Trinajstić information content (AvgIpc) is 3.13. The summed E-state index contributed by atoms with van der Waals surface area (Å²) in [6.45, 7) is 3.74. The van der Waals surface area contributed by atoms with E-state index in [9.17, 15) is 9.59 Å². The Bertz CT molecular complexity index is 921. The largest absolute Gasteiger partial charge is 0.460 e. The number of fused-ring (bicyclic) bond motifs is 1. The van der Waals surface area contributed by atoms with Crippen LogP contribution in [0.1, 0.15) is 25.5 Å². The van der Waals surface area contributed by atoms with E-state index in [1.807, 2.05) is 42.5 Å². The van der Waals surface area contributed by atoms with Crippen molar-refractivity contribution in [1.82, 2.24) is 10.2 Å². The second kappa shape index (κ2) is 5.95. The predicted octanol–water partition coefficient (Wildman–Crippen LogP) is 2.91. The highest BCUT2D eigenvalue weighted by atomic mass is 32.1. The Labute approximate surface area is 156 Å². The number of rotatable bonds is 2. The zero-order valence-corrected chi connectivity index (χ0v) is 15.2. The van der Waals surface area contributed by atoms with Gasteiger partial charge in [0.15, 0.2) is 12.1 Å². The zero-order chi connectivity index (χ0) is 18.5. The number of carbonyl (C=O) groups is 2. The van der Waals surface area contributed by atoms with Crippen LogP contribution in [0.25, 0.3) is 10.8 Å². The summed E-state index contributed by atoms with van der Waals surface area (Å²) in [6.07, 6.45) is -1.26. The van der Waals surface area contributed by atoms with Crippen LogP contribution in [0.3, 0.4) is 0 Å². The Morgan fingerprint density at radius 2 is 1.96 bits per heavy atom. The van der Waals surface area contributed by atoms with Crippen molar-refractivity contribution < 1.29 is 19.1 Å². The zero-order valence-electron chi connectivity index (χ0n) is 14.4. The molecular weight excluding hydrogens is 352 g/mol. The van der Waals surface area contributed by atoms with Gasteiger partial charge in [0, 0.05) is 5.56 Å². The van der Waals surface area contributed by atoms with Crippen LogP contribution in [0.4, 0.5) is 4.79 Å². The van der Waals surface area contributed by atoms with Crippen LogP contribution in [0.5, 0.6) is 0 Å². The molecule has 0 bridgehead atoms. The topological polar surface area (TPSA) is 67.9 Å². The predicted molar refractivity (Wildman–Crippen MR) is 99.6 cm³/mol. The van der Waals surface area contributed by atoms with Crippen LogP contribution in [-0.4, -0.2) is 40.3 Å². The number of hydrogen-bond acceptors (Lipinski definition) is 5. The third-order valence-corrected chi connectivity index (χ3v) is 4.98. The van der Waals surface area contributed by atoms with Gasteiger partial charge in [0.05, 0.1) is 5.54 Å². The number of ether oxygens (including phenoxy) is 2. The normalized spacial score (nSPS) is 24.3. The average molecular weight is 370 g/mol. The molecule has 2 aliphatic heterocycles. The summed E-state index contributed by atoms with van der Waals surface area (Å²) in [4.78, 5) is 26.4. The Hall–Kier alpha value is -2.67. The van der Waals surface area contributed by atoms with Crippen LogP contribution < -0.4 is 5.32 Å². The quantitative estimate of drug-likeness (QED) is 0.820. The van der Waals surface area contributed by atoms with E-state index in [-0.39, 0.29) is 11.8 Å². The van der Waals surface area contributed by atoms with E-state index in [0.29, 0.717) is 0 Å². The van der Waals surface area contributed by atoms with Crippen molar-refractivity contribution in [2.45, 2.75) is 31.5 Å². The minimum atomic E-state index is -0.793. The lowest BCUT2D eigenvalue weighted by Gasteiger charge is -2.29. The van der Waals surface area contributed by atoms with Gasteiger partial charge in [0.1, 0.15) is 6.61 Å². The van der Waals surface area contributed by atoms with E-state index in [1.165, 1.54) is 0 Å². The third-order valence-electron chi connectivity index (χ3n) is 4.76. The minimum Gasteiger partial charge on any atom is -0.460 e. The molecule has 0 radical (unpaired) electrons. The van der Waals surface area contributed by atoms with Gasteiger partial charge in [-0.15, -0.1) is 0 Å². The number of amides is 2. The summed E-state index contributed by atoms with van der Waals surface area (Å²) < 4.78 is 10.8. The molecule has 1 N–H and O–H groups in total. The van der Waals surface area contributed by atoms with Crippen LogP contribution in [0.2, 0.25) is 0 Å². The van der Waals surface area contributed by atoms with Crippen molar-refractivity contribution in [1.29, 1.82) is 0 Å². The number of imide groups is 1. The lowest BCUT2D eigenvalue weighted by molar-refractivity contribution is -0.134. The van der Waals surface area contributed by atoms with E-state index >= 15 is 0 Å². The molecule has 2 aromatic carbocycles. The molecule has 6 nitrogen and oxygen atoms in total. The first-order valence-electron chi connectivity index (χ1n) is 8.34. The van der Waals surface area contributed by atoms with Crippen molar-refractivity contribution in [3.63, 3.8) is 0 Å². The van der Waals surface area contributed by atoms with Crippen molar-refractivity contribution in [3.05, 3.63) is 48.0 Å². The first kappa shape index (κ1) is 16.8. The molecule has 4 rings (SSSR count). The number of cyclic esters (lactones) is 1. The van der Waals surface area contributed by atoms with Crippen LogP contribution in [-0.2, 0) is 14.3 Å². The van der Waals surface area contributed by atoms with Crippen molar-refractivity contribution in [2.24, 2.45) is 0 Å². The van der Waals surface area contributed by atoms with Gasteiger partial charge in [-0.3, -0.25) is 4.79 Å². The molecule has 2 aromatic rings. The maximum absolute atomic E-state index is 13.2. The molecule has 0 saturated carbocycles. The number of thiocarbonyl (C=S) groups is 1. The molecule has 26 heavy (non-hydrogen) atoms. The molecule has 0 unspecified atom stereocenters. The van der Waals surface area contributed by atoms with Gasteiger partial charge in [-0.25, -0.2) is 9.69 Å². The summed E-state index contributed by atoms with van der Waals surface area (Å²) in [7, 11) is 0. The highest BCUT2D eigenvalue weighted by molar-refractivity contribution is 7.80. The third kappa shape index (κ3) is 2.59. The summed E-state index contributed by atoms with van der Waals surface area (Å²) in [5, 5.41) is 5.08. The first-order chi connectivity index (χ1) is 12.4. The Morgan fingerprint density at radius 3 is 2.69 bits per heavy atom. The number of benzene rings is 2. The summed E-state index contributed by atoms with van der Waals surface area (Å²) >= 11 is 5.16. The molecule has 0 aromatic heterocycles. The SMILES string of the molecule is CC1(C)COC(=O)N1C(=O)[C@@H]1NC(=S)O[C@H]1c1cccc2ccccc12. The van der Waals surface area contributed by atoms with Gasteiger partial charge in [0.25, 0.3) is 11.1 Å². The molecule has 2 fully saturated rings.